The van der Waals surface area contributed by atoms with Crippen LogP contribution in [0.25, 0.3) is 0 Å². The van der Waals surface area contributed by atoms with E-state index in [1.807, 2.05) is 30.3 Å². The molecule has 2 aliphatic rings. The fourth-order valence-electron chi connectivity index (χ4n) is 3.82. The number of amides is 3. The SMILES string of the molecule is O=C(C(=O)N1CCN(C(=O)C(c2ccccc2)n2cccn2)CC1)N1CCOCC1. The average Bonchev–Trinajstić information content (AvgIpc) is 3.34. The Kier molecular flexibility index (Phi) is 6.08. The lowest BCUT2D eigenvalue weighted by atomic mass is 10.1. The smallest absolute Gasteiger partial charge is 0.312 e. The van der Waals surface area contributed by atoms with E-state index in [0.29, 0.717) is 52.5 Å². The van der Waals surface area contributed by atoms with Crippen LogP contribution in [0.4, 0.5) is 0 Å². The highest BCUT2D eigenvalue weighted by Crippen LogP contribution is 2.21. The van der Waals surface area contributed by atoms with Crippen molar-refractivity contribution in [2.45, 2.75) is 6.04 Å². The van der Waals surface area contributed by atoms with Crippen LogP contribution in [-0.4, -0.2) is 94.7 Å². The van der Waals surface area contributed by atoms with Gasteiger partial charge in [-0.2, -0.15) is 5.10 Å². The molecule has 0 N–H and O–H groups in total. The number of hydrogen-bond acceptors (Lipinski definition) is 5. The van der Waals surface area contributed by atoms with Gasteiger partial charge >= 0.3 is 11.8 Å². The summed E-state index contributed by atoms with van der Waals surface area (Å²) in [5, 5.41) is 4.27. The molecule has 1 atom stereocenters. The number of ether oxygens (including phenoxy) is 1. The van der Waals surface area contributed by atoms with Crippen molar-refractivity contribution in [3.63, 3.8) is 0 Å². The van der Waals surface area contributed by atoms with Crippen LogP contribution in [0.2, 0.25) is 0 Å². The number of morpholine rings is 1. The molecule has 0 bridgehead atoms. The topological polar surface area (TPSA) is 88.0 Å². The predicted molar refractivity (Wildman–Crippen MR) is 107 cm³/mol. The van der Waals surface area contributed by atoms with Gasteiger partial charge in [-0.15, -0.1) is 0 Å². The van der Waals surface area contributed by atoms with Gasteiger partial charge in [0.05, 0.1) is 13.2 Å². The standard InChI is InChI=1S/C21H25N5O4/c27-19(18(26-8-4-7-22-26)17-5-2-1-3-6-17)23-9-11-24(12-10-23)20(28)21(29)25-13-15-30-16-14-25/h1-8,18H,9-16H2. The first-order chi connectivity index (χ1) is 14.6. The third-order valence-corrected chi connectivity index (χ3v) is 5.50. The van der Waals surface area contributed by atoms with Gasteiger partial charge in [0.15, 0.2) is 6.04 Å². The van der Waals surface area contributed by atoms with Crippen LogP contribution in [0.1, 0.15) is 11.6 Å². The molecule has 2 aromatic rings. The van der Waals surface area contributed by atoms with Crippen LogP contribution >= 0.6 is 0 Å². The molecular weight excluding hydrogens is 386 g/mol. The molecule has 0 radical (unpaired) electrons. The molecule has 0 saturated carbocycles. The molecule has 2 fully saturated rings. The minimum atomic E-state index is -0.557. The quantitative estimate of drug-likeness (QED) is 0.664. The van der Waals surface area contributed by atoms with Crippen LogP contribution in [0, 0.1) is 0 Å². The molecule has 9 nitrogen and oxygen atoms in total. The lowest BCUT2D eigenvalue weighted by Crippen LogP contribution is -2.56. The summed E-state index contributed by atoms with van der Waals surface area (Å²) in [5.74, 6) is -1.07. The maximum absolute atomic E-state index is 13.3. The summed E-state index contributed by atoms with van der Waals surface area (Å²) in [5.41, 5.74) is 0.854. The second-order valence-corrected chi connectivity index (χ2v) is 7.32. The zero-order valence-corrected chi connectivity index (χ0v) is 16.7. The largest absolute Gasteiger partial charge is 0.378 e. The van der Waals surface area contributed by atoms with E-state index in [0.717, 1.165) is 5.56 Å². The summed E-state index contributed by atoms with van der Waals surface area (Å²) in [6, 6.07) is 10.7. The third kappa shape index (κ3) is 4.20. The van der Waals surface area contributed by atoms with E-state index in [2.05, 4.69) is 5.10 Å². The molecule has 2 aliphatic heterocycles. The predicted octanol–water partition coefficient (Wildman–Crippen LogP) is 0.00210. The Morgan fingerprint density at radius 2 is 1.40 bits per heavy atom. The zero-order valence-electron chi connectivity index (χ0n) is 16.7. The lowest BCUT2D eigenvalue weighted by Gasteiger charge is -2.37. The number of nitrogens with zero attached hydrogens (tertiary/aromatic N) is 5. The minimum absolute atomic E-state index is 0.0727. The molecule has 0 spiro atoms. The summed E-state index contributed by atoms with van der Waals surface area (Å²) < 4.78 is 6.88. The molecule has 3 amide bonds. The minimum Gasteiger partial charge on any atom is -0.378 e. The lowest BCUT2D eigenvalue weighted by molar-refractivity contribution is -0.155. The van der Waals surface area contributed by atoms with Crippen molar-refractivity contribution in [1.29, 1.82) is 0 Å². The molecule has 1 aromatic heterocycles. The second-order valence-electron chi connectivity index (χ2n) is 7.32. The molecule has 4 rings (SSSR count). The van der Waals surface area contributed by atoms with Crippen molar-refractivity contribution >= 4 is 17.7 Å². The summed E-state index contributed by atoms with van der Waals surface area (Å²) in [6.07, 6.45) is 3.42. The number of hydrogen-bond donors (Lipinski definition) is 0. The fraction of sp³-hybridized carbons (Fsp3) is 0.429. The molecular formula is C21H25N5O4. The maximum atomic E-state index is 13.3. The van der Waals surface area contributed by atoms with E-state index in [-0.39, 0.29) is 5.91 Å². The first-order valence-electron chi connectivity index (χ1n) is 10.1. The number of aromatic nitrogens is 2. The molecule has 158 valence electrons. The highest BCUT2D eigenvalue weighted by molar-refractivity contribution is 6.34. The van der Waals surface area contributed by atoms with Crippen LogP contribution in [0.3, 0.4) is 0 Å². The highest BCUT2D eigenvalue weighted by Gasteiger charge is 2.34. The van der Waals surface area contributed by atoms with Crippen molar-refractivity contribution in [3.05, 3.63) is 54.4 Å². The summed E-state index contributed by atoms with van der Waals surface area (Å²) in [4.78, 5) is 43.2. The van der Waals surface area contributed by atoms with Gasteiger partial charge in [-0.1, -0.05) is 30.3 Å². The van der Waals surface area contributed by atoms with E-state index in [1.165, 1.54) is 9.80 Å². The number of carbonyl (C=O) groups excluding carboxylic acids is 3. The summed E-state index contributed by atoms with van der Waals surface area (Å²) in [6.45, 7) is 3.21. The Bertz CT molecular complexity index is 872. The first kappa shape index (κ1) is 20.1. The Morgan fingerprint density at radius 3 is 2.00 bits per heavy atom. The van der Waals surface area contributed by atoms with E-state index in [4.69, 9.17) is 4.74 Å². The van der Waals surface area contributed by atoms with Gasteiger partial charge in [-0.25, -0.2) is 0 Å². The Hall–Kier alpha value is -3.20. The van der Waals surface area contributed by atoms with Gasteiger partial charge in [-0.3, -0.25) is 19.1 Å². The van der Waals surface area contributed by atoms with Crippen molar-refractivity contribution in [2.24, 2.45) is 0 Å². The number of carbonyl (C=O) groups is 3. The zero-order chi connectivity index (χ0) is 20.9. The van der Waals surface area contributed by atoms with Crippen molar-refractivity contribution in [1.82, 2.24) is 24.5 Å². The normalized spacial score (nSPS) is 18.2. The molecule has 1 aromatic carbocycles. The highest BCUT2D eigenvalue weighted by atomic mass is 16.5. The van der Waals surface area contributed by atoms with E-state index in [9.17, 15) is 14.4 Å². The second kappa shape index (κ2) is 9.08. The molecule has 9 heteroatoms. The van der Waals surface area contributed by atoms with Crippen LogP contribution in [-0.2, 0) is 19.1 Å². The van der Waals surface area contributed by atoms with E-state index >= 15 is 0 Å². The molecule has 2 saturated heterocycles. The Balaban J connectivity index is 1.40. The monoisotopic (exact) mass is 411 g/mol. The summed E-state index contributed by atoms with van der Waals surface area (Å²) >= 11 is 0. The van der Waals surface area contributed by atoms with Crippen LogP contribution in [0.5, 0.6) is 0 Å². The van der Waals surface area contributed by atoms with Crippen molar-refractivity contribution in [2.75, 3.05) is 52.5 Å². The molecule has 30 heavy (non-hydrogen) atoms. The van der Waals surface area contributed by atoms with Crippen LogP contribution < -0.4 is 0 Å². The first-order valence-corrected chi connectivity index (χ1v) is 10.1. The Labute approximate surface area is 174 Å². The van der Waals surface area contributed by atoms with Gasteiger partial charge in [0.2, 0.25) is 0 Å². The maximum Gasteiger partial charge on any atom is 0.312 e. The Morgan fingerprint density at radius 1 is 0.800 bits per heavy atom. The number of rotatable bonds is 3. The summed E-state index contributed by atoms with van der Waals surface area (Å²) in [7, 11) is 0. The van der Waals surface area contributed by atoms with Gasteiger partial charge in [0, 0.05) is 51.7 Å². The number of piperazine rings is 1. The van der Waals surface area contributed by atoms with Gasteiger partial charge in [0.25, 0.3) is 5.91 Å². The van der Waals surface area contributed by atoms with E-state index in [1.54, 1.807) is 28.0 Å². The van der Waals surface area contributed by atoms with Crippen molar-refractivity contribution < 1.29 is 19.1 Å². The third-order valence-electron chi connectivity index (χ3n) is 5.50. The fourth-order valence-corrected chi connectivity index (χ4v) is 3.82. The van der Waals surface area contributed by atoms with Gasteiger partial charge in [-0.05, 0) is 11.6 Å². The van der Waals surface area contributed by atoms with Crippen molar-refractivity contribution in [3.8, 4) is 0 Å². The molecule has 1 unspecified atom stereocenters. The number of benzene rings is 1. The molecule has 0 aliphatic carbocycles. The molecule has 3 heterocycles. The van der Waals surface area contributed by atoms with Gasteiger partial charge < -0.3 is 19.4 Å². The van der Waals surface area contributed by atoms with Crippen LogP contribution in [0.15, 0.2) is 48.8 Å². The van der Waals surface area contributed by atoms with Gasteiger partial charge in [0.1, 0.15) is 0 Å². The van der Waals surface area contributed by atoms with E-state index < -0.39 is 17.9 Å². The average molecular weight is 411 g/mol.